The second-order valence-electron chi connectivity index (χ2n) is 7.84. The topological polar surface area (TPSA) is 49.6 Å². The first kappa shape index (κ1) is 22.5. The van der Waals surface area contributed by atoms with Crippen LogP contribution in [0, 0.1) is 0 Å². The number of amides is 1. The number of benzene rings is 1. The Morgan fingerprint density at radius 3 is 2.56 bits per heavy atom. The summed E-state index contributed by atoms with van der Waals surface area (Å²) in [6.45, 7) is 3.60. The van der Waals surface area contributed by atoms with Crippen LogP contribution in [0.25, 0.3) is 0 Å². The lowest BCUT2D eigenvalue weighted by atomic mass is 9.78. The molecule has 0 unspecified atom stereocenters. The Kier molecular flexibility index (Phi) is 8.93. The molecule has 2 N–H and O–H groups in total. The van der Waals surface area contributed by atoms with Crippen LogP contribution in [0.1, 0.15) is 44.1 Å². The summed E-state index contributed by atoms with van der Waals surface area (Å²) in [6, 6.07) is 10.4. The number of hydrogen-bond donors (Lipinski definition) is 1. The first-order chi connectivity index (χ1) is 12.6. The van der Waals surface area contributed by atoms with E-state index >= 15 is 0 Å². The van der Waals surface area contributed by atoms with E-state index in [0.717, 1.165) is 38.4 Å². The summed E-state index contributed by atoms with van der Waals surface area (Å²) in [5, 5.41) is 0. The predicted octanol–water partition coefficient (Wildman–Crippen LogP) is 3.54. The molecule has 1 saturated carbocycles. The van der Waals surface area contributed by atoms with Crippen LogP contribution in [-0.2, 0) is 11.3 Å². The monoisotopic (exact) mass is 411 g/mol. The summed E-state index contributed by atoms with van der Waals surface area (Å²) in [6.07, 6.45) is 9.10. The van der Waals surface area contributed by atoms with Crippen molar-refractivity contribution in [1.82, 2.24) is 9.80 Å². The van der Waals surface area contributed by atoms with Crippen molar-refractivity contribution in [2.75, 3.05) is 31.6 Å². The van der Waals surface area contributed by atoms with Gasteiger partial charge in [0.15, 0.2) is 0 Å². The molecular weight excluding hydrogens is 378 g/mol. The van der Waals surface area contributed by atoms with E-state index in [4.69, 9.17) is 5.73 Å². The number of carbonyl (C=O) groups excluding carboxylic acids is 1. The van der Waals surface area contributed by atoms with Crippen molar-refractivity contribution >= 4 is 30.1 Å². The van der Waals surface area contributed by atoms with Crippen LogP contribution in [0.5, 0.6) is 0 Å². The highest BCUT2D eigenvalue weighted by Gasteiger charge is 2.43. The van der Waals surface area contributed by atoms with Gasteiger partial charge in [0.2, 0.25) is 5.91 Å². The maximum absolute atomic E-state index is 12.9. The Bertz CT molecular complexity index is 580. The second-order valence-corrected chi connectivity index (χ2v) is 8.83. The van der Waals surface area contributed by atoms with Crippen LogP contribution in [0.2, 0.25) is 0 Å². The van der Waals surface area contributed by atoms with Crippen molar-refractivity contribution in [2.24, 2.45) is 5.73 Å². The minimum absolute atomic E-state index is 0. The highest BCUT2D eigenvalue weighted by atomic mass is 35.5. The molecule has 1 aliphatic heterocycles. The van der Waals surface area contributed by atoms with Gasteiger partial charge in [0, 0.05) is 31.7 Å². The van der Waals surface area contributed by atoms with Gasteiger partial charge < -0.3 is 10.6 Å². The molecule has 2 aliphatic rings. The zero-order valence-electron chi connectivity index (χ0n) is 16.4. The fourth-order valence-corrected chi connectivity index (χ4v) is 5.03. The Morgan fingerprint density at radius 2 is 1.89 bits per heavy atom. The molecule has 1 heterocycles. The number of hydrogen-bond acceptors (Lipinski definition) is 4. The van der Waals surface area contributed by atoms with Crippen molar-refractivity contribution in [3.05, 3.63) is 35.9 Å². The Morgan fingerprint density at radius 1 is 1.19 bits per heavy atom. The molecule has 1 aromatic carbocycles. The molecule has 1 spiro atoms. The van der Waals surface area contributed by atoms with E-state index in [1.807, 2.05) is 0 Å². The van der Waals surface area contributed by atoms with E-state index in [2.05, 4.69) is 46.4 Å². The third-order valence-electron chi connectivity index (χ3n) is 6.06. The van der Waals surface area contributed by atoms with Crippen LogP contribution < -0.4 is 5.73 Å². The van der Waals surface area contributed by atoms with Gasteiger partial charge in [-0.1, -0.05) is 49.6 Å². The molecule has 1 atom stereocenters. The highest BCUT2D eigenvalue weighted by Crippen LogP contribution is 2.37. The first-order valence-corrected chi connectivity index (χ1v) is 11.4. The molecule has 1 saturated heterocycles. The normalized spacial score (nSPS) is 20.9. The van der Waals surface area contributed by atoms with Crippen LogP contribution in [-0.4, -0.2) is 58.9 Å². The molecule has 1 amide bonds. The summed E-state index contributed by atoms with van der Waals surface area (Å²) in [7, 11) is 0. The predicted molar refractivity (Wildman–Crippen MR) is 117 cm³/mol. The summed E-state index contributed by atoms with van der Waals surface area (Å²) < 4.78 is 0. The number of piperazine rings is 1. The number of halogens is 1. The minimum atomic E-state index is -0.344. The van der Waals surface area contributed by atoms with Crippen molar-refractivity contribution < 1.29 is 4.79 Å². The highest BCUT2D eigenvalue weighted by molar-refractivity contribution is 7.98. The first-order valence-electron chi connectivity index (χ1n) is 9.97. The van der Waals surface area contributed by atoms with Gasteiger partial charge in [-0.3, -0.25) is 9.69 Å². The zero-order chi connectivity index (χ0) is 18.4. The minimum Gasteiger partial charge on any atom is -0.338 e. The van der Waals surface area contributed by atoms with Crippen LogP contribution in [0.15, 0.2) is 30.3 Å². The van der Waals surface area contributed by atoms with E-state index in [0.29, 0.717) is 0 Å². The van der Waals surface area contributed by atoms with Crippen molar-refractivity contribution in [1.29, 1.82) is 0 Å². The maximum atomic E-state index is 12.9. The zero-order valence-corrected chi connectivity index (χ0v) is 18.1. The van der Waals surface area contributed by atoms with Gasteiger partial charge in [-0.25, -0.2) is 0 Å². The number of nitrogens with zero attached hydrogens (tertiary/aromatic N) is 2. The number of carbonyl (C=O) groups is 1. The molecule has 1 aliphatic carbocycles. The molecule has 0 radical (unpaired) electrons. The average molecular weight is 412 g/mol. The lowest BCUT2D eigenvalue weighted by molar-refractivity contribution is -0.140. The summed E-state index contributed by atoms with van der Waals surface area (Å²) in [4.78, 5) is 17.6. The molecule has 3 rings (SSSR count). The van der Waals surface area contributed by atoms with Gasteiger partial charge in [-0.15, -0.1) is 12.4 Å². The standard InChI is InChI=1S/C21H33N3OS.ClH/c1-26-15-10-19(22)20(25)23-13-14-24(16-18-8-4-2-5-9-18)21(17-23)11-6-3-7-12-21;/h2,4-5,8-9,19H,3,6-7,10-17,22H2,1H3;1H/t19-;/m0./s1. The number of nitrogens with two attached hydrogens (primary N) is 1. The lowest BCUT2D eigenvalue weighted by Gasteiger charge is -2.53. The molecule has 2 fully saturated rings. The molecule has 1 aromatic rings. The molecular formula is C21H34ClN3OS. The summed E-state index contributed by atoms with van der Waals surface area (Å²) in [5.41, 5.74) is 7.70. The SMILES string of the molecule is CSCC[C@H](N)C(=O)N1CCN(Cc2ccccc2)C2(CCCCC2)C1.Cl. The van der Waals surface area contributed by atoms with Gasteiger partial charge in [0.05, 0.1) is 6.04 Å². The van der Waals surface area contributed by atoms with Crippen molar-refractivity contribution in [3.63, 3.8) is 0 Å². The number of rotatable bonds is 6. The third kappa shape index (κ3) is 5.63. The van der Waals surface area contributed by atoms with Crippen LogP contribution >= 0.6 is 24.2 Å². The quantitative estimate of drug-likeness (QED) is 0.777. The fourth-order valence-electron chi connectivity index (χ4n) is 4.54. The largest absolute Gasteiger partial charge is 0.338 e. The van der Waals surface area contributed by atoms with E-state index < -0.39 is 0 Å². The van der Waals surface area contributed by atoms with Crippen molar-refractivity contribution in [3.8, 4) is 0 Å². The van der Waals surface area contributed by atoms with Gasteiger partial charge in [-0.2, -0.15) is 11.8 Å². The van der Waals surface area contributed by atoms with Gasteiger partial charge in [0.1, 0.15) is 0 Å². The number of thioether (sulfide) groups is 1. The molecule has 152 valence electrons. The Balaban J connectivity index is 0.00000261. The summed E-state index contributed by atoms with van der Waals surface area (Å²) in [5.74, 6) is 1.11. The second kappa shape index (κ2) is 10.7. The van der Waals surface area contributed by atoms with Crippen molar-refractivity contribution in [2.45, 2.75) is 56.7 Å². The van der Waals surface area contributed by atoms with E-state index in [1.165, 1.54) is 37.7 Å². The Labute approximate surface area is 174 Å². The summed E-state index contributed by atoms with van der Waals surface area (Å²) >= 11 is 1.76. The molecule has 27 heavy (non-hydrogen) atoms. The van der Waals surface area contributed by atoms with Gasteiger partial charge in [0.25, 0.3) is 0 Å². The Hall–Kier alpha value is -0.750. The maximum Gasteiger partial charge on any atom is 0.239 e. The van der Waals surface area contributed by atoms with Crippen LogP contribution in [0.3, 0.4) is 0 Å². The van der Waals surface area contributed by atoms with Crippen LogP contribution in [0.4, 0.5) is 0 Å². The molecule has 0 bridgehead atoms. The fraction of sp³-hybridized carbons (Fsp3) is 0.667. The smallest absolute Gasteiger partial charge is 0.239 e. The molecule has 0 aromatic heterocycles. The van der Waals surface area contributed by atoms with E-state index in [1.54, 1.807) is 11.8 Å². The lowest BCUT2D eigenvalue weighted by Crippen LogP contribution is -2.65. The molecule has 4 nitrogen and oxygen atoms in total. The van der Waals surface area contributed by atoms with E-state index in [-0.39, 0.29) is 29.9 Å². The average Bonchev–Trinajstić information content (AvgIpc) is 2.68. The van der Waals surface area contributed by atoms with Gasteiger partial charge in [-0.05, 0) is 36.8 Å². The molecule has 6 heteroatoms. The third-order valence-corrected chi connectivity index (χ3v) is 6.70. The van der Waals surface area contributed by atoms with E-state index in [9.17, 15) is 4.79 Å². The van der Waals surface area contributed by atoms with Gasteiger partial charge >= 0.3 is 0 Å².